The first-order chi connectivity index (χ1) is 16.9. The van der Waals surface area contributed by atoms with Gasteiger partial charge in [-0.15, -0.1) is 5.10 Å². The molecule has 4 rings (SSSR count). The number of methoxy groups -OCH3 is 1. The minimum Gasteiger partial charge on any atom is -0.467 e. The Hall–Kier alpha value is -3.99. The van der Waals surface area contributed by atoms with Crippen LogP contribution in [-0.4, -0.2) is 41.9 Å². The zero-order chi connectivity index (χ0) is 24.8. The maximum absolute atomic E-state index is 13.0. The van der Waals surface area contributed by atoms with Gasteiger partial charge in [-0.05, 0) is 73.6 Å². The number of aromatic nitrogens is 2. The highest BCUT2D eigenvalue weighted by Crippen LogP contribution is 2.36. The first-order valence-corrected chi connectivity index (χ1v) is 11.2. The van der Waals surface area contributed by atoms with Crippen LogP contribution < -0.4 is 16.4 Å². The highest BCUT2D eigenvalue weighted by molar-refractivity contribution is 6.02. The van der Waals surface area contributed by atoms with Gasteiger partial charge >= 0.3 is 23.8 Å². The molecule has 1 heterocycles. The molecule has 0 aliphatic heterocycles. The number of anilines is 4. The molecule has 35 heavy (non-hydrogen) atoms. The summed E-state index contributed by atoms with van der Waals surface area (Å²) in [5.41, 5.74) is 8.66. The summed E-state index contributed by atoms with van der Waals surface area (Å²) in [5.74, 6) is -1.28. The van der Waals surface area contributed by atoms with Gasteiger partial charge in [0.2, 0.25) is 0 Å². The molecule has 11 heteroatoms. The number of carbonyl (C=O) groups excluding carboxylic acids is 2. The number of esters is 1. The smallest absolute Gasteiger partial charge is 0.331 e. The summed E-state index contributed by atoms with van der Waals surface area (Å²) >= 11 is 0. The van der Waals surface area contributed by atoms with Crippen LogP contribution in [0.5, 0.6) is 0 Å². The quantitative estimate of drug-likeness (QED) is 0.320. The van der Waals surface area contributed by atoms with Gasteiger partial charge in [-0.1, -0.05) is 11.2 Å². The van der Waals surface area contributed by atoms with E-state index in [2.05, 4.69) is 25.6 Å². The number of rotatable bonds is 8. The largest absolute Gasteiger partial charge is 0.467 e. The van der Waals surface area contributed by atoms with Gasteiger partial charge < -0.3 is 30.3 Å². The molecule has 10 nitrogen and oxygen atoms in total. The number of hydrogen-bond acceptors (Lipinski definition) is 9. The van der Waals surface area contributed by atoms with E-state index >= 15 is 0 Å². The fraction of sp³-hybridized carbons (Fsp3) is 0.333. The zero-order valence-electron chi connectivity index (χ0n) is 19.1. The number of nitrogens with two attached hydrogens (primary N) is 1. The summed E-state index contributed by atoms with van der Waals surface area (Å²) in [6.45, 7) is -0.0307. The Morgan fingerprint density at radius 1 is 1.11 bits per heavy atom. The molecular formula is C24H26FN5O5. The average Bonchev–Trinajstić information content (AvgIpc) is 3.34. The fourth-order valence-corrected chi connectivity index (χ4v) is 3.95. The topological polar surface area (TPSA) is 142 Å². The molecule has 2 aromatic carbocycles. The first kappa shape index (κ1) is 24.1. The van der Waals surface area contributed by atoms with Crippen LogP contribution in [-0.2, 0) is 14.3 Å². The minimum absolute atomic E-state index is 0.00348. The third-order valence-corrected chi connectivity index (χ3v) is 5.85. The van der Waals surface area contributed by atoms with Gasteiger partial charge in [0.05, 0.1) is 24.6 Å². The van der Waals surface area contributed by atoms with Crippen molar-refractivity contribution in [1.82, 2.24) is 10.2 Å². The van der Waals surface area contributed by atoms with Crippen LogP contribution >= 0.6 is 0 Å². The number of amides is 1. The second-order valence-electron chi connectivity index (χ2n) is 8.21. The Morgan fingerprint density at radius 3 is 2.54 bits per heavy atom. The van der Waals surface area contributed by atoms with Crippen LogP contribution in [0.1, 0.15) is 47.8 Å². The first-order valence-electron chi connectivity index (χ1n) is 11.2. The van der Waals surface area contributed by atoms with Crippen LogP contribution in [0.3, 0.4) is 0 Å². The number of benzene rings is 2. The molecule has 1 aliphatic carbocycles. The van der Waals surface area contributed by atoms with E-state index in [1.807, 2.05) is 12.1 Å². The summed E-state index contributed by atoms with van der Waals surface area (Å²) in [7, 11) is 1.34. The molecule has 1 fully saturated rings. The molecule has 4 N–H and O–H groups in total. The number of hydrogen-bond donors (Lipinski definition) is 3. The van der Waals surface area contributed by atoms with E-state index in [0.29, 0.717) is 23.0 Å². The summed E-state index contributed by atoms with van der Waals surface area (Å²) in [5, 5.41) is 13.0. The van der Waals surface area contributed by atoms with Crippen molar-refractivity contribution in [3.63, 3.8) is 0 Å². The van der Waals surface area contributed by atoms with Crippen LogP contribution in [0.4, 0.5) is 27.5 Å². The Labute approximate surface area is 201 Å². The molecule has 0 radical (unpaired) electrons. The molecule has 0 atom stereocenters. The van der Waals surface area contributed by atoms with Gasteiger partial charge in [0.15, 0.2) is 0 Å². The van der Waals surface area contributed by atoms with E-state index in [0.717, 1.165) is 31.2 Å². The van der Waals surface area contributed by atoms with Crippen molar-refractivity contribution in [2.24, 2.45) is 0 Å². The molecular weight excluding hydrogens is 457 g/mol. The lowest BCUT2D eigenvalue weighted by Crippen LogP contribution is -2.24. The molecule has 0 bridgehead atoms. The van der Waals surface area contributed by atoms with Crippen LogP contribution in [0.2, 0.25) is 0 Å². The monoisotopic (exact) mass is 483 g/mol. The van der Waals surface area contributed by atoms with E-state index in [1.54, 1.807) is 6.07 Å². The molecule has 3 aromatic rings. The number of nitrogens with zero attached hydrogens (tertiary/aromatic N) is 2. The van der Waals surface area contributed by atoms with Gasteiger partial charge in [0, 0.05) is 5.69 Å². The van der Waals surface area contributed by atoms with Gasteiger partial charge in [0.25, 0.3) is 0 Å². The molecule has 1 aliphatic rings. The third-order valence-electron chi connectivity index (χ3n) is 5.85. The Bertz CT molecular complexity index is 1180. The summed E-state index contributed by atoms with van der Waals surface area (Å²) in [6.07, 6.45) is 3.53. The van der Waals surface area contributed by atoms with Crippen molar-refractivity contribution >= 4 is 35.0 Å². The van der Waals surface area contributed by atoms with E-state index in [1.165, 1.54) is 31.4 Å². The van der Waals surface area contributed by atoms with Crippen molar-refractivity contribution < 1.29 is 27.9 Å². The molecule has 0 spiro atoms. The Balaban J connectivity index is 1.31. The van der Waals surface area contributed by atoms with Crippen molar-refractivity contribution in [3.8, 4) is 0 Å². The second kappa shape index (κ2) is 11.0. The highest BCUT2D eigenvalue weighted by Gasteiger charge is 2.24. The van der Waals surface area contributed by atoms with Crippen molar-refractivity contribution in [3.05, 3.63) is 59.7 Å². The number of halogens is 1. The van der Waals surface area contributed by atoms with Crippen molar-refractivity contribution in [2.75, 3.05) is 30.1 Å². The van der Waals surface area contributed by atoms with E-state index < -0.39 is 5.91 Å². The zero-order valence-corrected chi connectivity index (χ0v) is 19.1. The molecule has 0 unspecified atom stereocenters. The van der Waals surface area contributed by atoms with Crippen molar-refractivity contribution in [1.29, 1.82) is 0 Å². The Morgan fingerprint density at radius 2 is 1.86 bits per heavy atom. The number of nitrogen functional groups attached to an aromatic ring is 1. The SMILES string of the molecule is COC(=O)CO[C@H]1CC[C@H](c2ccc(NC(=O)c3nnc(Nc4ccc(F)cc4)o3)c(N)c2)CC1. The molecule has 1 saturated carbocycles. The minimum atomic E-state index is -0.604. The lowest BCUT2D eigenvalue weighted by atomic mass is 9.82. The number of carbonyl (C=O) groups is 2. The van der Waals surface area contributed by atoms with Gasteiger partial charge in [-0.25, -0.2) is 9.18 Å². The fourth-order valence-electron chi connectivity index (χ4n) is 3.95. The lowest BCUT2D eigenvalue weighted by molar-refractivity contribution is -0.148. The maximum Gasteiger partial charge on any atom is 0.331 e. The van der Waals surface area contributed by atoms with Crippen LogP contribution in [0.15, 0.2) is 46.9 Å². The average molecular weight is 484 g/mol. The van der Waals surface area contributed by atoms with E-state index in [-0.39, 0.29) is 36.4 Å². The van der Waals surface area contributed by atoms with Crippen LogP contribution in [0.25, 0.3) is 0 Å². The van der Waals surface area contributed by atoms with E-state index in [9.17, 15) is 14.0 Å². The molecule has 1 aromatic heterocycles. The highest BCUT2D eigenvalue weighted by atomic mass is 19.1. The predicted molar refractivity (Wildman–Crippen MR) is 126 cm³/mol. The number of ether oxygens (including phenoxy) is 2. The maximum atomic E-state index is 13.0. The predicted octanol–water partition coefficient (Wildman–Crippen LogP) is 4.00. The normalized spacial score (nSPS) is 17.5. The summed E-state index contributed by atoms with van der Waals surface area (Å²) in [6, 6.07) is 11.1. The molecule has 184 valence electrons. The summed E-state index contributed by atoms with van der Waals surface area (Å²) < 4.78 is 28.6. The number of nitrogens with one attached hydrogen (secondary N) is 2. The van der Waals surface area contributed by atoms with Crippen molar-refractivity contribution in [2.45, 2.75) is 37.7 Å². The third kappa shape index (κ3) is 6.33. The van der Waals surface area contributed by atoms with Crippen LogP contribution in [0, 0.1) is 5.82 Å². The van der Waals surface area contributed by atoms with Gasteiger partial charge in [-0.3, -0.25) is 4.79 Å². The molecule has 0 saturated heterocycles. The Kier molecular flexibility index (Phi) is 7.56. The molecule has 1 amide bonds. The summed E-state index contributed by atoms with van der Waals surface area (Å²) in [4.78, 5) is 23.8. The van der Waals surface area contributed by atoms with Gasteiger partial charge in [0.1, 0.15) is 12.4 Å². The standard InChI is InChI=1S/C24H26FN5O5/c1-33-21(31)13-34-18-9-2-14(3-10-18)15-4-11-20(19(26)12-15)28-22(32)23-29-30-24(35-23)27-17-7-5-16(25)6-8-17/h4-8,11-12,14,18H,2-3,9-10,13,26H2,1H3,(H,27,30)(H,28,32)/t14-,18-. The van der Waals surface area contributed by atoms with E-state index in [4.69, 9.17) is 14.9 Å². The lowest BCUT2D eigenvalue weighted by Gasteiger charge is -2.29. The second-order valence-corrected chi connectivity index (χ2v) is 8.21. The van der Waals surface area contributed by atoms with Gasteiger partial charge in [-0.2, -0.15) is 0 Å².